The van der Waals surface area contributed by atoms with Crippen molar-refractivity contribution in [2.45, 2.75) is 51.2 Å². The molecule has 1 aromatic heterocycles. The maximum atomic E-state index is 12.0. The molecule has 28 heavy (non-hydrogen) atoms. The van der Waals surface area contributed by atoms with E-state index >= 15 is 0 Å². The number of aryl methyl sites for hydroxylation is 1. The normalized spacial score (nSPS) is 24.6. The monoisotopic (exact) mass is 379 g/mol. The van der Waals surface area contributed by atoms with E-state index in [0.717, 1.165) is 43.0 Å². The second-order valence-electron chi connectivity index (χ2n) is 7.55. The quantitative estimate of drug-likeness (QED) is 0.799. The van der Waals surface area contributed by atoms with Crippen LogP contribution in [0.2, 0.25) is 0 Å². The number of hydrogen-bond acceptors (Lipinski definition) is 5. The van der Waals surface area contributed by atoms with E-state index in [1.807, 2.05) is 0 Å². The number of aromatic nitrogens is 3. The van der Waals surface area contributed by atoms with Crippen molar-refractivity contribution in [3.05, 3.63) is 41.5 Å². The first-order valence-electron chi connectivity index (χ1n) is 9.77. The topological polar surface area (TPSA) is 81.7 Å². The Morgan fingerprint density at radius 2 is 1.82 bits per heavy atom. The Balaban J connectivity index is 1.55. The molecular weight excluding hydrogens is 354 g/mol. The van der Waals surface area contributed by atoms with Gasteiger partial charge in [-0.15, -0.1) is 10.2 Å². The molecule has 2 aliphatic rings. The zero-order valence-corrected chi connectivity index (χ0v) is 16.3. The number of amides is 1. The predicted molar refractivity (Wildman–Crippen MR) is 107 cm³/mol. The van der Waals surface area contributed by atoms with Crippen molar-refractivity contribution < 1.29 is 9.53 Å². The predicted octanol–water partition coefficient (Wildman–Crippen LogP) is 3.05. The van der Waals surface area contributed by atoms with Gasteiger partial charge in [0, 0.05) is 31.1 Å². The summed E-state index contributed by atoms with van der Waals surface area (Å²) in [6.07, 6.45) is 6.92. The molecule has 2 heterocycles. The summed E-state index contributed by atoms with van der Waals surface area (Å²) in [5, 5.41) is 8.91. The smallest absolute Gasteiger partial charge is 0.270 e. The molecule has 7 heteroatoms. The largest absolute Gasteiger partial charge is 0.377 e. The van der Waals surface area contributed by atoms with Crippen molar-refractivity contribution >= 4 is 18.3 Å². The minimum absolute atomic E-state index is 0.115. The molecule has 7 nitrogen and oxygen atoms in total. The Hall–Kier alpha value is -2.67. The lowest BCUT2D eigenvalue weighted by Gasteiger charge is -2.31. The van der Waals surface area contributed by atoms with Gasteiger partial charge < -0.3 is 4.74 Å². The summed E-state index contributed by atoms with van der Waals surface area (Å²) in [6.45, 7) is 2.49. The maximum absolute atomic E-state index is 12.0. The molecule has 1 aromatic carbocycles. The molecule has 0 N–H and O–H groups in total. The van der Waals surface area contributed by atoms with Crippen LogP contribution >= 0.6 is 0 Å². The van der Waals surface area contributed by atoms with Crippen LogP contribution in [0.4, 0.5) is 0 Å². The van der Waals surface area contributed by atoms with E-state index in [1.165, 1.54) is 11.8 Å². The number of hydrogen-bond donors (Lipinski definition) is 0. The van der Waals surface area contributed by atoms with Gasteiger partial charge in [0.05, 0.1) is 0 Å². The number of carbonyl (C=O) groups is 1. The average molecular weight is 379 g/mol. The van der Waals surface area contributed by atoms with E-state index < -0.39 is 0 Å². The second kappa shape index (κ2) is 8.14. The van der Waals surface area contributed by atoms with Gasteiger partial charge in [0.25, 0.3) is 5.91 Å². The summed E-state index contributed by atoms with van der Waals surface area (Å²) >= 11 is 0. The van der Waals surface area contributed by atoms with Gasteiger partial charge in [0.1, 0.15) is 18.5 Å². The highest BCUT2D eigenvalue weighted by molar-refractivity contribution is 6.21. The molecule has 1 saturated carbocycles. The van der Waals surface area contributed by atoms with E-state index in [4.69, 9.17) is 4.74 Å². The molecule has 1 unspecified atom stereocenters. The first-order chi connectivity index (χ1) is 13.7. The SMILES string of the molecule is COCc1nnc(C2CCC(C3N=CC=NC3=O)CC2)n1-c1ccc(C)cc1. The van der Waals surface area contributed by atoms with Gasteiger partial charge in [-0.05, 0) is 50.7 Å². The van der Waals surface area contributed by atoms with Gasteiger partial charge in [0.15, 0.2) is 5.82 Å². The Bertz CT molecular complexity index is 892. The molecule has 0 bridgehead atoms. The molecule has 146 valence electrons. The van der Waals surface area contributed by atoms with Crippen molar-refractivity contribution in [2.75, 3.05) is 7.11 Å². The summed E-state index contributed by atoms with van der Waals surface area (Å²) in [6, 6.07) is 8.07. The van der Waals surface area contributed by atoms with Crippen LogP contribution in [0.15, 0.2) is 34.3 Å². The molecule has 0 radical (unpaired) electrons. The van der Waals surface area contributed by atoms with Gasteiger partial charge in [-0.1, -0.05) is 17.7 Å². The molecular formula is C21H25N5O2. The minimum Gasteiger partial charge on any atom is -0.377 e. The number of nitrogens with zero attached hydrogens (tertiary/aromatic N) is 5. The third kappa shape index (κ3) is 3.67. The Labute approximate surface area is 164 Å². The van der Waals surface area contributed by atoms with Crippen LogP contribution in [0, 0.1) is 12.8 Å². The highest BCUT2D eigenvalue weighted by atomic mass is 16.5. The van der Waals surface area contributed by atoms with Crippen molar-refractivity contribution in [3.8, 4) is 5.69 Å². The Morgan fingerprint density at radius 1 is 1.07 bits per heavy atom. The maximum Gasteiger partial charge on any atom is 0.270 e. The van der Waals surface area contributed by atoms with Crippen LogP contribution in [0.5, 0.6) is 0 Å². The summed E-state index contributed by atoms with van der Waals surface area (Å²) in [5.41, 5.74) is 2.27. The summed E-state index contributed by atoms with van der Waals surface area (Å²) < 4.78 is 7.46. The average Bonchev–Trinajstić information content (AvgIpc) is 3.13. The molecule has 1 aliphatic carbocycles. The molecule has 1 amide bonds. The van der Waals surface area contributed by atoms with E-state index in [0.29, 0.717) is 12.5 Å². The highest BCUT2D eigenvalue weighted by Crippen LogP contribution is 2.38. The third-order valence-electron chi connectivity index (χ3n) is 5.67. The first kappa shape index (κ1) is 18.7. The fourth-order valence-corrected chi connectivity index (χ4v) is 4.19. The van der Waals surface area contributed by atoms with E-state index in [1.54, 1.807) is 13.3 Å². The summed E-state index contributed by atoms with van der Waals surface area (Å²) in [5.74, 6) is 2.24. The zero-order chi connectivity index (χ0) is 19.5. The standard InChI is InChI=1S/C21H25N5O2/c1-14-3-9-17(10-4-14)26-18(13-28-2)24-25-20(26)16-7-5-15(6-8-16)19-21(27)23-12-11-22-19/h3-4,9-12,15-16,19H,5-8,13H2,1-2H3. The van der Waals surface area contributed by atoms with Crippen LogP contribution in [0.25, 0.3) is 5.69 Å². The zero-order valence-electron chi connectivity index (χ0n) is 16.3. The Morgan fingerprint density at radius 3 is 2.50 bits per heavy atom. The van der Waals surface area contributed by atoms with Gasteiger partial charge in [0.2, 0.25) is 0 Å². The summed E-state index contributed by atoms with van der Waals surface area (Å²) in [7, 11) is 1.67. The van der Waals surface area contributed by atoms with Gasteiger partial charge in [-0.2, -0.15) is 0 Å². The number of methoxy groups -OCH3 is 1. The summed E-state index contributed by atoms with van der Waals surface area (Å²) in [4.78, 5) is 20.3. The molecule has 1 fully saturated rings. The first-order valence-corrected chi connectivity index (χ1v) is 9.77. The molecule has 1 atom stereocenters. The number of carbonyl (C=O) groups excluding carboxylic acids is 1. The second-order valence-corrected chi connectivity index (χ2v) is 7.55. The fraction of sp³-hybridized carbons (Fsp3) is 0.476. The van der Waals surface area contributed by atoms with Crippen molar-refractivity contribution in [1.82, 2.24) is 14.8 Å². The van der Waals surface area contributed by atoms with E-state index in [9.17, 15) is 4.79 Å². The molecule has 1 aliphatic heterocycles. The molecule has 0 saturated heterocycles. The van der Waals surface area contributed by atoms with Crippen LogP contribution in [0.3, 0.4) is 0 Å². The van der Waals surface area contributed by atoms with Crippen LogP contribution < -0.4 is 0 Å². The minimum atomic E-state index is -0.315. The van der Waals surface area contributed by atoms with Crippen molar-refractivity contribution in [1.29, 1.82) is 0 Å². The molecule has 4 rings (SSSR count). The lowest BCUT2D eigenvalue weighted by atomic mass is 9.78. The lowest BCUT2D eigenvalue weighted by Crippen LogP contribution is -2.32. The van der Waals surface area contributed by atoms with Crippen molar-refractivity contribution in [2.24, 2.45) is 15.9 Å². The molecule has 2 aromatic rings. The number of rotatable bonds is 5. The van der Waals surface area contributed by atoms with Gasteiger partial charge in [-0.3, -0.25) is 14.4 Å². The van der Waals surface area contributed by atoms with Crippen LogP contribution in [-0.2, 0) is 16.1 Å². The lowest BCUT2D eigenvalue weighted by molar-refractivity contribution is -0.120. The van der Waals surface area contributed by atoms with Crippen molar-refractivity contribution in [3.63, 3.8) is 0 Å². The highest BCUT2D eigenvalue weighted by Gasteiger charge is 2.34. The number of benzene rings is 1. The molecule has 0 spiro atoms. The van der Waals surface area contributed by atoms with E-state index in [2.05, 4.69) is 55.9 Å². The number of ether oxygens (including phenoxy) is 1. The Kier molecular flexibility index (Phi) is 5.43. The number of aliphatic imine (C=N–C) groups is 2. The third-order valence-corrected chi connectivity index (χ3v) is 5.67. The van der Waals surface area contributed by atoms with Crippen LogP contribution in [0.1, 0.15) is 48.8 Å². The van der Waals surface area contributed by atoms with E-state index in [-0.39, 0.29) is 17.9 Å². The van der Waals surface area contributed by atoms with Gasteiger partial charge in [-0.25, -0.2) is 4.99 Å². The van der Waals surface area contributed by atoms with Gasteiger partial charge >= 0.3 is 0 Å². The van der Waals surface area contributed by atoms with Crippen LogP contribution in [-0.4, -0.2) is 46.3 Å². The fourth-order valence-electron chi connectivity index (χ4n) is 4.19.